The highest BCUT2D eigenvalue weighted by Gasteiger charge is 2.32. The minimum Gasteiger partial charge on any atom is -0.496 e. The first-order valence-corrected chi connectivity index (χ1v) is 8.69. The molecule has 1 aromatic carbocycles. The Kier molecular flexibility index (Phi) is 5.41. The summed E-state index contributed by atoms with van der Waals surface area (Å²) in [5, 5.41) is 3.56. The molecule has 3 rings (SSSR count). The van der Waals surface area contributed by atoms with E-state index in [0.29, 0.717) is 6.04 Å². The van der Waals surface area contributed by atoms with Crippen molar-refractivity contribution in [2.24, 2.45) is 0 Å². The van der Waals surface area contributed by atoms with Gasteiger partial charge in [0, 0.05) is 50.4 Å². The third-order valence-corrected chi connectivity index (χ3v) is 5.07. The molecule has 0 radical (unpaired) electrons. The van der Waals surface area contributed by atoms with Crippen molar-refractivity contribution in [3.8, 4) is 11.5 Å². The molecular weight excluding hydrogens is 290 g/mol. The molecule has 1 saturated heterocycles. The van der Waals surface area contributed by atoms with Crippen LogP contribution in [0.3, 0.4) is 0 Å². The van der Waals surface area contributed by atoms with Crippen LogP contribution in [0.15, 0.2) is 12.1 Å². The lowest BCUT2D eigenvalue weighted by molar-refractivity contribution is 0.0903. The summed E-state index contributed by atoms with van der Waals surface area (Å²) in [6, 6.07) is 4.43. The van der Waals surface area contributed by atoms with E-state index in [1.807, 2.05) is 12.1 Å². The molecule has 0 aliphatic carbocycles. The van der Waals surface area contributed by atoms with Crippen LogP contribution < -0.4 is 14.8 Å². The van der Waals surface area contributed by atoms with Gasteiger partial charge in [0.25, 0.3) is 0 Å². The SMILES string of the molecule is CCCN1CCN([C@H]2CNCc3c(OC)ccc(OC)c32)CC1. The lowest BCUT2D eigenvalue weighted by Crippen LogP contribution is -2.50. The standard InChI is InChI=1S/C18H29N3O2/c1-4-7-20-8-10-21(11-9-20)15-13-19-12-14-16(22-2)5-6-17(23-3)18(14)15/h5-6,15,19H,4,7-13H2,1-3H3/t15-/m0/s1. The summed E-state index contributed by atoms with van der Waals surface area (Å²) in [6.45, 7) is 9.85. The van der Waals surface area contributed by atoms with Crippen LogP contribution in [0.4, 0.5) is 0 Å². The summed E-state index contributed by atoms with van der Waals surface area (Å²) in [5.74, 6) is 1.95. The fourth-order valence-electron chi connectivity index (χ4n) is 3.90. The van der Waals surface area contributed by atoms with Crippen molar-refractivity contribution in [1.29, 1.82) is 0 Å². The van der Waals surface area contributed by atoms with Crippen molar-refractivity contribution >= 4 is 0 Å². The zero-order valence-corrected chi connectivity index (χ0v) is 14.6. The molecule has 5 heteroatoms. The normalized spacial score (nSPS) is 22.7. The second-order valence-corrected chi connectivity index (χ2v) is 6.39. The summed E-state index contributed by atoms with van der Waals surface area (Å²) in [5.41, 5.74) is 2.56. The molecule has 1 aromatic rings. The van der Waals surface area contributed by atoms with Crippen LogP contribution in [0.2, 0.25) is 0 Å². The van der Waals surface area contributed by atoms with Gasteiger partial charge in [-0.15, -0.1) is 0 Å². The average Bonchev–Trinajstić information content (AvgIpc) is 2.61. The number of nitrogens with zero attached hydrogens (tertiary/aromatic N) is 2. The van der Waals surface area contributed by atoms with Gasteiger partial charge in [0.05, 0.1) is 20.3 Å². The molecule has 2 aliphatic rings. The number of nitrogens with one attached hydrogen (secondary N) is 1. The maximum absolute atomic E-state index is 5.67. The van der Waals surface area contributed by atoms with E-state index in [2.05, 4.69) is 22.0 Å². The number of ether oxygens (including phenoxy) is 2. The van der Waals surface area contributed by atoms with Gasteiger partial charge in [-0.05, 0) is 25.1 Å². The molecule has 0 saturated carbocycles. The number of methoxy groups -OCH3 is 2. The molecule has 0 aromatic heterocycles. The monoisotopic (exact) mass is 319 g/mol. The van der Waals surface area contributed by atoms with Crippen molar-refractivity contribution in [3.63, 3.8) is 0 Å². The first-order chi connectivity index (χ1) is 11.3. The number of benzene rings is 1. The zero-order chi connectivity index (χ0) is 16.2. The van der Waals surface area contributed by atoms with Gasteiger partial charge in [0.1, 0.15) is 11.5 Å². The Morgan fingerprint density at radius 2 is 1.78 bits per heavy atom. The number of hydrogen-bond acceptors (Lipinski definition) is 5. The summed E-state index contributed by atoms with van der Waals surface area (Å²) < 4.78 is 11.2. The topological polar surface area (TPSA) is 37.0 Å². The van der Waals surface area contributed by atoms with Gasteiger partial charge >= 0.3 is 0 Å². The predicted molar refractivity (Wildman–Crippen MR) is 92.3 cm³/mol. The molecule has 0 spiro atoms. The van der Waals surface area contributed by atoms with Gasteiger partial charge in [-0.2, -0.15) is 0 Å². The number of rotatable bonds is 5. The largest absolute Gasteiger partial charge is 0.496 e. The molecule has 2 heterocycles. The minimum absolute atomic E-state index is 0.368. The summed E-state index contributed by atoms with van der Waals surface area (Å²) >= 11 is 0. The van der Waals surface area contributed by atoms with Crippen LogP contribution in [0.25, 0.3) is 0 Å². The molecular formula is C18H29N3O2. The van der Waals surface area contributed by atoms with Crippen LogP contribution in [0.1, 0.15) is 30.5 Å². The number of piperazine rings is 1. The van der Waals surface area contributed by atoms with Crippen LogP contribution in [-0.2, 0) is 6.54 Å². The molecule has 5 nitrogen and oxygen atoms in total. The van der Waals surface area contributed by atoms with Crippen LogP contribution >= 0.6 is 0 Å². The van der Waals surface area contributed by atoms with E-state index >= 15 is 0 Å². The fraction of sp³-hybridized carbons (Fsp3) is 0.667. The molecule has 23 heavy (non-hydrogen) atoms. The van der Waals surface area contributed by atoms with Crippen molar-refractivity contribution in [1.82, 2.24) is 15.1 Å². The lowest BCUT2D eigenvalue weighted by atomic mass is 9.93. The third kappa shape index (κ3) is 3.32. The molecule has 128 valence electrons. The quantitative estimate of drug-likeness (QED) is 0.897. The van der Waals surface area contributed by atoms with E-state index < -0.39 is 0 Å². The van der Waals surface area contributed by atoms with E-state index in [0.717, 1.165) is 50.8 Å². The first kappa shape index (κ1) is 16.6. The fourth-order valence-corrected chi connectivity index (χ4v) is 3.90. The van der Waals surface area contributed by atoms with E-state index in [4.69, 9.17) is 9.47 Å². The highest BCUT2D eigenvalue weighted by molar-refractivity contribution is 5.51. The molecule has 1 fully saturated rings. The van der Waals surface area contributed by atoms with E-state index in [1.165, 1.54) is 24.1 Å². The van der Waals surface area contributed by atoms with Crippen molar-refractivity contribution in [2.75, 3.05) is 53.5 Å². The molecule has 2 aliphatic heterocycles. The van der Waals surface area contributed by atoms with Gasteiger partial charge in [-0.3, -0.25) is 4.90 Å². The highest BCUT2D eigenvalue weighted by Crippen LogP contribution is 2.39. The summed E-state index contributed by atoms with van der Waals surface area (Å²) in [4.78, 5) is 5.16. The average molecular weight is 319 g/mol. The van der Waals surface area contributed by atoms with Gasteiger partial charge in [0.2, 0.25) is 0 Å². The Hall–Kier alpha value is -1.30. The summed E-state index contributed by atoms with van der Waals surface area (Å²) in [7, 11) is 3.51. The second-order valence-electron chi connectivity index (χ2n) is 6.39. The molecule has 0 amide bonds. The van der Waals surface area contributed by atoms with E-state index in [-0.39, 0.29) is 0 Å². The van der Waals surface area contributed by atoms with E-state index in [9.17, 15) is 0 Å². The predicted octanol–water partition coefficient (Wildman–Crippen LogP) is 1.88. The number of fused-ring (bicyclic) bond motifs is 1. The third-order valence-electron chi connectivity index (χ3n) is 5.07. The Morgan fingerprint density at radius 1 is 1.09 bits per heavy atom. The Morgan fingerprint density at radius 3 is 2.43 bits per heavy atom. The Balaban J connectivity index is 1.84. The maximum Gasteiger partial charge on any atom is 0.124 e. The number of hydrogen-bond donors (Lipinski definition) is 1. The van der Waals surface area contributed by atoms with Gasteiger partial charge in [-0.1, -0.05) is 6.92 Å². The smallest absolute Gasteiger partial charge is 0.124 e. The van der Waals surface area contributed by atoms with Gasteiger partial charge < -0.3 is 19.7 Å². The minimum atomic E-state index is 0.368. The van der Waals surface area contributed by atoms with Crippen LogP contribution in [0.5, 0.6) is 11.5 Å². The van der Waals surface area contributed by atoms with Crippen molar-refractivity contribution in [2.45, 2.75) is 25.9 Å². The Labute approximate surface area is 139 Å². The molecule has 0 unspecified atom stereocenters. The van der Waals surface area contributed by atoms with Gasteiger partial charge in [-0.25, -0.2) is 0 Å². The maximum atomic E-state index is 5.67. The molecule has 1 atom stereocenters. The first-order valence-electron chi connectivity index (χ1n) is 8.69. The summed E-state index contributed by atoms with van der Waals surface area (Å²) in [6.07, 6.45) is 1.23. The van der Waals surface area contributed by atoms with Gasteiger partial charge in [0.15, 0.2) is 0 Å². The molecule has 0 bridgehead atoms. The zero-order valence-electron chi connectivity index (χ0n) is 14.6. The van der Waals surface area contributed by atoms with Crippen LogP contribution in [0, 0.1) is 0 Å². The molecule has 1 N–H and O–H groups in total. The van der Waals surface area contributed by atoms with Crippen molar-refractivity contribution < 1.29 is 9.47 Å². The second kappa shape index (κ2) is 7.51. The lowest BCUT2D eigenvalue weighted by Gasteiger charge is -2.42. The Bertz CT molecular complexity index is 527. The van der Waals surface area contributed by atoms with Crippen molar-refractivity contribution in [3.05, 3.63) is 23.3 Å². The highest BCUT2D eigenvalue weighted by atomic mass is 16.5. The van der Waals surface area contributed by atoms with E-state index in [1.54, 1.807) is 14.2 Å². The van der Waals surface area contributed by atoms with Crippen LogP contribution in [-0.4, -0.2) is 63.3 Å².